The molecule has 2 N–H and O–H groups in total. The van der Waals surface area contributed by atoms with Gasteiger partial charge in [0.1, 0.15) is 15.4 Å². The number of anilines is 1. The molecule has 210 valence electrons. The molecular weight excluding hydrogens is 505 g/mol. The van der Waals surface area contributed by atoms with Crippen molar-refractivity contribution in [2.75, 3.05) is 16.8 Å². The number of alkyl halides is 3. The Balaban J connectivity index is 2.28. The Kier molecular flexibility index (Phi) is 14.2. The van der Waals surface area contributed by atoms with Gasteiger partial charge in [-0.3, -0.25) is 4.79 Å². The predicted octanol–water partition coefficient (Wildman–Crippen LogP) is 6.77. The first-order valence-electron chi connectivity index (χ1n) is 13.2. The van der Waals surface area contributed by atoms with E-state index in [2.05, 4.69) is 12.2 Å². The average Bonchev–Trinajstić information content (AvgIpc) is 2.82. The summed E-state index contributed by atoms with van der Waals surface area (Å²) in [6.45, 7) is 3.45. The van der Waals surface area contributed by atoms with Gasteiger partial charge in [-0.05, 0) is 44.4 Å². The van der Waals surface area contributed by atoms with Crippen LogP contribution in [0.5, 0.6) is 0 Å². The van der Waals surface area contributed by atoms with Crippen molar-refractivity contribution in [1.29, 1.82) is 5.26 Å². The van der Waals surface area contributed by atoms with Crippen LogP contribution in [-0.4, -0.2) is 36.5 Å². The van der Waals surface area contributed by atoms with Gasteiger partial charge >= 0.3 is 6.18 Å². The fourth-order valence-corrected chi connectivity index (χ4v) is 5.53. The summed E-state index contributed by atoms with van der Waals surface area (Å²) in [4.78, 5) is 12.4. The Bertz CT molecular complexity index is 986. The normalized spacial score (nSPS) is 13.6. The molecule has 1 atom stereocenters. The average molecular weight is 547 g/mol. The minimum Gasteiger partial charge on any atom is -0.380 e. The molecule has 0 saturated carbocycles. The highest BCUT2D eigenvalue weighted by molar-refractivity contribution is 7.91. The van der Waals surface area contributed by atoms with Crippen molar-refractivity contribution in [3.05, 3.63) is 29.3 Å². The van der Waals surface area contributed by atoms with E-state index < -0.39 is 38.6 Å². The third-order valence-electron chi connectivity index (χ3n) is 6.37. The fraction of sp³-hybridized carbons (Fsp3) is 0.704. The van der Waals surface area contributed by atoms with Crippen molar-refractivity contribution >= 4 is 21.4 Å². The molecule has 0 spiro atoms. The number of halogens is 3. The monoisotopic (exact) mass is 546 g/mol. The van der Waals surface area contributed by atoms with E-state index in [0.717, 1.165) is 70.3 Å². The Morgan fingerprint density at radius 2 is 1.46 bits per heavy atom. The van der Waals surface area contributed by atoms with Gasteiger partial charge in [0.05, 0.1) is 28.7 Å². The molecule has 0 bridgehead atoms. The number of sulfone groups is 1. The largest absolute Gasteiger partial charge is 0.417 e. The van der Waals surface area contributed by atoms with Gasteiger partial charge in [0, 0.05) is 5.69 Å². The number of benzene rings is 1. The van der Waals surface area contributed by atoms with E-state index in [0.29, 0.717) is 18.9 Å². The van der Waals surface area contributed by atoms with E-state index in [1.54, 1.807) is 0 Å². The second-order valence-corrected chi connectivity index (χ2v) is 12.2. The second kappa shape index (κ2) is 16.0. The third kappa shape index (κ3) is 13.3. The molecule has 0 aliphatic carbocycles. The van der Waals surface area contributed by atoms with E-state index in [1.165, 1.54) is 19.1 Å². The molecule has 0 aliphatic heterocycles. The minimum atomic E-state index is -4.74. The van der Waals surface area contributed by atoms with E-state index in [4.69, 9.17) is 5.26 Å². The van der Waals surface area contributed by atoms with Gasteiger partial charge in [-0.25, -0.2) is 8.42 Å². The smallest absolute Gasteiger partial charge is 0.380 e. The highest BCUT2D eigenvalue weighted by atomic mass is 32.2. The van der Waals surface area contributed by atoms with Crippen LogP contribution < -0.4 is 5.32 Å². The second-order valence-electron chi connectivity index (χ2n) is 9.89. The summed E-state index contributed by atoms with van der Waals surface area (Å²) in [5.41, 5.74) is -3.59. The van der Waals surface area contributed by atoms with Crippen LogP contribution in [0.3, 0.4) is 0 Å². The van der Waals surface area contributed by atoms with Crippen molar-refractivity contribution in [1.82, 2.24) is 0 Å². The lowest BCUT2D eigenvalue weighted by molar-refractivity contribution is -0.138. The quantitative estimate of drug-likeness (QED) is 0.198. The number of unbranched alkanes of at least 4 members (excludes halogenated alkanes) is 10. The Morgan fingerprint density at radius 1 is 0.946 bits per heavy atom. The molecule has 1 unspecified atom stereocenters. The molecule has 0 fully saturated rings. The lowest BCUT2D eigenvalue weighted by Gasteiger charge is -2.22. The van der Waals surface area contributed by atoms with Crippen LogP contribution in [0.2, 0.25) is 0 Å². The van der Waals surface area contributed by atoms with Crippen LogP contribution in [0, 0.1) is 11.3 Å². The number of nitriles is 1. The molecule has 37 heavy (non-hydrogen) atoms. The minimum absolute atomic E-state index is 0.143. The van der Waals surface area contributed by atoms with Crippen LogP contribution in [0.15, 0.2) is 18.2 Å². The highest BCUT2D eigenvalue weighted by Crippen LogP contribution is 2.33. The first-order valence-corrected chi connectivity index (χ1v) is 15.0. The Morgan fingerprint density at radius 3 is 1.97 bits per heavy atom. The molecular formula is C27H41F3N2O4S. The van der Waals surface area contributed by atoms with Crippen molar-refractivity contribution < 1.29 is 31.5 Å². The van der Waals surface area contributed by atoms with Crippen molar-refractivity contribution in [3.63, 3.8) is 0 Å². The summed E-state index contributed by atoms with van der Waals surface area (Å²) >= 11 is 0. The van der Waals surface area contributed by atoms with Crippen LogP contribution in [0.1, 0.15) is 108 Å². The topological polar surface area (TPSA) is 107 Å². The Hall–Kier alpha value is -2.12. The predicted molar refractivity (Wildman–Crippen MR) is 140 cm³/mol. The third-order valence-corrected chi connectivity index (χ3v) is 8.19. The van der Waals surface area contributed by atoms with Gasteiger partial charge in [0.25, 0.3) is 5.91 Å². The summed E-state index contributed by atoms with van der Waals surface area (Å²) in [6.07, 6.45) is 6.07. The van der Waals surface area contributed by atoms with E-state index in [-0.39, 0.29) is 23.6 Å². The molecule has 0 aliphatic rings. The number of amides is 1. The summed E-state index contributed by atoms with van der Waals surface area (Å²) in [5, 5.41) is 21.7. The van der Waals surface area contributed by atoms with Crippen molar-refractivity contribution in [2.24, 2.45) is 0 Å². The molecule has 10 heteroatoms. The first kappa shape index (κ1) is 32.9. The lowest BCUT2D eigenvalue weighted by atomic mass is 9.96. The zero-order valence-electron chi connectivity index (χ0n) is 22.0. The number of rotatable bonds is 18. The van der Waals surface area contributed by atoms with Gasteiger partial charge < -0.3 is 10.4 Å². The molecule has 0 heterocycles. The zero-order chi connectivity index (χ0) is 28.0. The van der Waals surface area contributed by atoms with Crippen LogP contribution in [-0.2, 0) is 20.8 Å². The van der Waals surface area contributed by atoms with Gasteiger partial charge in [0.2, 0.25) is 0 Å². The fourth-order valence-electron chi connectivity index (χ4n) is 4.04. The number of carbonyl (C=O) groups excluding carboxylic acids is 1. The molecule has 1 aromatic rings. The molecule has 1 aromatic carbocycles. The van der Waals surface area contributed by atoms with E-state index in [9.17, 15) is 31.5 Å². The van der Waals surface area contributed by atoms with Gasteiger partial charge in [-0.1, -0.05) is 71.1 Å². The number of carbonyl (C=O) groups is 1. The maximum Gasteiger partial charge on any atom is 0.417 e. The number of hydrogen-bond donors (Lipinski definition) is 2. The van der Waals surface area contributed by atoms with Gasteiger partial charge in [0.15, 0.2) is 0 Å². The lowest BCUT2D eigenvalue weighted by Crippen LogP contribution is -2.40. The maximum absolute atomic E-state index is 13.1. The molecule has 1 amide bonds. The SMILES string of the molecule is CCCCCCCS(=O)(=O)CCCCCCCCCC(C)(O)C(=O)Nc1ccc(C#N)c(C(F)(F)F)c1. The maximum atomic E-state index is 13.1. The standard InChI is InChI=1S/C27H41F3N2O4S/c1-3-4-5-10-13-18-37(35,36)19-14-11-8-6-7-9-12-17-26(2,34)25(33)32-23-16-15-22(21-31)24(20-23)27(28,29)30/h15-16,20,34H,3-14,17-19H2,1-2H3,(H,32,33). The molecule has 0 saturated heterocycles. The van der Waals surface area contributed by atoms with Crippen molar-refractivity contribution in [2.45, 2.75) is 109 Å². The van der Waals surface area contributed by atoms with Gasteiger partial charge in [-0.15, -0.1) is 0 Å². The van der Waals surface area contributed by atoms with Crippen LogP contribution in [0.25, 0.3) is 0 Å². The zero-order valence-corrected chi connectivity index (χ0v) is 22.8. The van der Waals surface area contributed by atoms with E-state index in [1.807, 2.05) is 0 Å². The molecule has 0 aromatic heterocycles. The molecule has 0 radical (unpaired) electrons. The molecule has 6 nitrogen and oxygen atoms in total. The number of nitrogens with zero attached hydrogens (tertiary/aromatic N) is 1. The number of aliphatic hydroxyl groups is 1. The van der Waals surface area contributed by atoms with Crippen LogP contribution >= 0.6 is 0 Å². The van der Waals surface area contributed by atoms with E-state index >= 15 is 0 Å². The highest BCUT2D eigenvalue weighted by Gasteiger charge is 2.35. The summed E-state index contributed by atoms with van der Waals surface area (Å²) in [5.74, 6) is -0.293. The summed E-state index contributed by atoms with van der Waals surface area (Å²) in [7, 11) is -2.97. The van der Waals surface area contributed by atoms with Crippen molar-refractivity contribution in [3.8, 4) is 6.07 Å². The Labute approximate surface area is 219 Å². The summed E-state index contributed by atoms with van der Waals surface area (Å²) < 4.78 is 63.5. The first-order chi connectivity index (χ1) is 17.3. The van der Waals surface area contributed by atoms with Crippen LogP contribution in [0.4, 0.5) is 18.9 Å². The number of hydrogen-bond acceptors (Lipinski definition) is 5. The molecule has 1 rings (SSSR count). The number of nitrogens with one attached hydrogen (secondary N) is 1. The van der Waals surface area contributed by atoms with Gasteiger partial charge in [-0.2, -0.15) is 18.4 Å². The summed E-state index contributed by atoms with van der Waals surface area (Å²) in [6, 6.07) is 4.34.